The molecule has 2 saturated carbocycles. The van der Waals surface area contributed by atoms with Crippen LogP contribution in [0.1, 0.15) is 83.7 Å². The maximum atomic E-state index is 14.6. The van der Waals surface area contributed by atoms with E-state index in [9.17, 15) is 14.0 Å². The van der Waals surface area contributed by atoms with Gasteiger partial charge in [-0.3, -0.25) is 4.79 Å². The van der Waals surface area contributed by atoms with Crippen LogP contribution in [0.3, 0.4) is 0 Å². The number of amides is 2. The van der Waals surface area contributed by atoms with Crippen LogP contribution >= 0.6 is 0 Å². The van der Waals surface area contributed by atoms with Gasteiger partial charge >= 0.3 is 6.09 Å². The number of hydrogen-bond acceptors (Lipinski definition) is 6. The SMILES string of the molecule is CC(C)(C)OC(=O)NC1CCC(Nc2ncc(F)c(C3CCCN(C(=O)C4CC4)C3)n2)CC1. The number of hydrogen-bond donors (Lipinski definition) is 2. The van der Waals surface area contributed by atoms with E-state index in [2.05, 4.69) is 20.6 Å². The number of anilines is 1. The first-order chi connectivity index (χ1) is 15.7. The summed E-state index contributed by atoms with van der Waals surface area (Å²) in [5, 5.41) is 6.29. The van der Waals surface area contributed by atoms with E-state index < -0.39 is 11.4 Å². The van der Waals surface area contributed by atoms with E-state index in [1.165, 1.54) is 6.20 Å². The quantitative estimate of drug-likeness (QED) is 0.689. The summed E-state index contributed by atoms with van der Waals surface area (Å²) in [6.45, 7) is 6.83. The molecule has 0 radical (unpaired) electrons. The molecule has 2 N–H and O–H groups in total. The maximum absolute atomic E-state index is 14.6. The maximum Gasteiger partial charge on any atom is 0.407 e. The van der Waals surface area contributed by atoms with E-state index in [4.69, 9.17) is 4.74 Å². The lowest BCUT2D eigenvalue weighted by Gasteiger charge is -2.33. The Morgan fingerprint density at radius 1 is 1.09 bits per heavy atom. The van der Waals surface area contributed by atoms with Crippen LogP contribution < -0.4 is 10.6 Å². The second-order valence-electron chi connectivity index (χ2n) is 10.7. The first-order valence-electron chi connectivity index (χ1n) is 12.2. The Labute approximate surface area is 195 Å². The third-order valence-corrected chi connectivity index (χ3v) is 6.60. The largest absolute Gasteiger partial charge is 0.444 e. The molecular weight excluding hydrogens is 425 g/mol. The standard InChI is InChI=1S/C24H36FN5O3/c1-24(2,3)33-23(32)28-18-10-8-17(9-11-18)27-22-26-13-19(25)20(29-22)16-5-4-12-30(14-16)21(31)15-6-7-15/h13,15-18H,4-12,14H2,1-3H3,(H,28,32)(H,26,27,29). The van der Waals surface area contributed by atoms with Gasteiger partial charge in [-0.25, -0.2) is 19.2 Å². The summed E-state index contributed by atoms with van der Waals surface area (Å²) in [5.41, 5.74) is -0.109. The van der Waals surface area contributed by atoms with Crippen LogP contribution in [0.4, 0.5) is 15.1 Å². The number of ether oxygens (including phenoxy) is 1. The number of carbonyl (C=O) groups excluding carboxylic acids is 2. The number of carbonyl (C=O) groups is 2. The highest BCUT2D eigenvalue weighted by atomic mass is 19.1. The van der Waals surface area contributed by atoms with Gasteiger partial charge in [0.1, 0.15) is 5.60 Å². The van der Waals surface area contributed by atoms with Crippen LogP contribution in [0, 0.1) is 11.7 Å². The Bertz CT molecular complexity index is 862. The molecule has 1 aromatic rings. The summed E-state index contributed by atoms with van der Waals surface area (Å²) in [4.78, 5) is 35.0. The van der Waals surface area contributed by atoms with Gasteiger partial charge in [-0.1, -0.05) is 0 Å². The fourth-order valence-corrected chi connectivity index (χ4v) is 4.76. The van der Waals surface area contributed by atoms with Gasteiger partial charge in [-0.15, -0.1) is 0 Å². The normalized spacial score (nSPS) is 25.9. The molecule has 3 fully saturated rings. The highest BCUT2D eigenvalue weighted by Crippen LogP contribution is 2.34. The van der Waals surface area contributed by atoms with Gasteiger partial charge in [0.25, 0.3) is 0 Å². The van der Waals surface area contributed by atoms with E-state index in [1.54, 1.807) is 0 Å². The summed E-state index contributed by atoms with van der Waals surface area (Å²) in [7, 11) is 0. The van der Waals surface area contributed by atoms with Gasteiger partial charge in [0, 0.05) is 37.0 Å². The monoisotopic (exact) mass is 461 g/mol. The van der Waals surface area contributed by atoms with E-state index >= 15 is 0 Å². The fourth-order valence-electron chi connectivity index (χ4n) is 4.76. The van der Waals surface area contributed by atoms with Crippen molar-refractivity contribution in [2.45, 2.75) is 95.7 Å². The van der Waals surface area contributed by atoms with Crippen molar-refractivity contribution in [3.8, 4) is 0 Å². The molecule has 1 saturated heterocycles. The van der Waals surface area contributed by atoms with Crippen LogP contribution in [0.15, 0.2) is 6.20 Å². The predicted molar refractivity (Wildman–Crippen MR) is 122 cm³/mol. The Morgan fingerprint density at radius 3 is 2.45 bits per heavy atom. The number of likely N-dealkylation sites (tertiary alicyclic amines) is 1. The van der Waals surface area contributed by atoms with Crippen molar-refractivity contribution in [1.82, 2.24) is 20.2 Å². The molecule has 2 heterocycles. The average molecular weight is 462 g/mol. The second kappa shape index (κ2) is 9.81. The summed E-state index contributed by atoms with van der Waals surface area (Å²) >= 11 is 0. The third kappa shape index (κ3) is 6.54. The molecule has 33 heavy (non-hydrogen) atoms. The van der Waals surface area contributed by atoms with Crippen LogP contribution in [0.2, 0.25) is 0 Å². The van der Waals surface area contributed by atoms with Crippen molar-refractivity contribution in [3.63, 3.8) is 0 Å². The van der Waals surface area contributed by atoms with Gasteiger partial charge in [-0.2, -0.15) is 0 Å². The third-order valence-electron chi connectivity index (χ3n) is 6.60. The molecule has 8 nitrogen and oxygen atoms in total. The molecule has 0 bridgehead atoms. The van der Waals surface area contributed by atoms with E-state index in [-0.39, 0.29) is 35.9 Å². The average Bonchev–Trinajstić information content (AvgIpc) is 3.60. The molecule has 1 aromatic heterocycles. The Balaban J connectivity index is 1.30. The molecule has 0 spiro atoms. The minimum Gasteiger partial charge on any atom is -0.444 e. The van der Waals surface area contributed by atoms with Crippen molar-refractivity contribution in [2.75, 3.05) is 18.4 Å². The first kappa shape index (κ1) is 23.7. The molecule has 9 heteroatoms. The van der Waals surface area contributed by atoms with Crippen LogP contribution in [-0.4, -0.2) is 57.6 Å². The van der Waals surface area contributed by atoms with Crippen molar-refractivity contribution in [3.05, 3.63) is 17.7 Å². The summed E-state index contributed by atoms with van der Waals surface area (Å²) in [5.74, 6) is 0.316. The smallest absolute Gasteiger partial charge is 0.407 e. The van der Waals surface area contributed by atoms with Crippen molar-refractivity contribution in [2.24, 2.45) is 5.92 Å². The molecule has 1 atom stereocenters. The zero-order valence-electron chi connectivity index (χ0n) is 19.9. The molecule has 4 rings (SSSR count). The molecule has 1 unspecified atom stereocenters. The van der Waals surface area contributed by atoms with Crippen molar-refractivity contribution < 1.29 is 18.7 Å². The number of alkyl carbamates (subject to hydrolysis) is 1. The minimum absolute atomic E-state index is 0.0832. The molecular formula is C24H36FN5O3. The number of piperidine rings is 1. The van der Waals surface area contributed by atoms with Gasteiger partial charge in [0.2, 0.25) is 11.9 Å². The molecule has 182 valence electrons. The Hall–Kier alpha value is -2.45. The van der Waals surface area contributed by atoms with Crippen LogP contribution in [0.5, 0.6) is 0 Å². The van der Waals surface area contributed by atoms with Crippen LogP contribution in [-0.2, 0) is 9.53 Å². The summed E-state index contributed by atoms with van der Waals surface area (Å²) in [6, 6.07) is 0.249. The lowest BCUT2D eigenvalue weighted by Crippen LogP contribution is -2.42. The van der Waals surface area contributed by atoms with E-state index in [1.807, 2.05) is 25.7 Å². The number of nitrogens with zero attached hydrogens (tertiary/aromatic N) is 3. The van der Waals surface area contributed by atoms with Crippen molar-refractivity contribution in [1.29, 1.82) is 0 Å². The van der Waals surface area contributed by atoms with Gasteiger partial charge in [0.15, 0.2) is 5.82 Å². The number of rotatable bonds is 5. The Kier molecular flexibility index (Phi) is 7.05. The number of aromatic nitrogens is 2. The zero-order valence-corrected chi connectivity index (χ0v) is 19.9. The molecule has 3 aliphatic rings. The fraction of sp³-hybridized carbons (Fsp3) is 0.750. The highest BCUT2D eigenvalue weighted by Gasteiger charge is 2.36. The Morgan fingerprint density at radius 2 is 1.79 bits per heavy atom. The number of nitrogens with one attached hydrogen (secondary N) is 2. The number of halogens is 1. The highest BCUT2D eigenvalue weighted by molar-refractivity contribution is 5.81. The summed E-state index contributed by atoms with van der Waals surface area (Å²) in [6.07, 6.45) is 7.85. The zero-order chi connectivity index (χ0) is 23.6. The lowest BCUT2D eigenvalue weighted by molar-refractivity contribution is -0.133. The van der Waals surface area contributed by atoms with E-state index in [0.29, 0.717) is 18.2 Å². The molecule has 1 aliphatic heterocycles. The predicted octanol–water partition coefficient (Wildman–Crippen LogP) is 3.98. The topological polar surface area (TPSA) is 96.5 Å². The molecule has 0 aromatic carbocycles. The second-order valence-corrected chi connectivity index (χ2v) is 10.7. The molecule has 2 aliphatic carbocycles. The van der Waals surface area contributed by atoms with Gasteiger partial charge < -0.3 is 20.3 Å². The first-order valence-corrected chi connectivity index (χ1v) is 12.2. The van der Waals surface area contributed by atoms with Crippen LogP contribution in [0.25, 0.3) is 0 Å². The van der Waals surface area contributed by atoms with Gasteiger partial charge in [0.05, 0.1) is 11.9 Å². The minimum atomic E-state index is -0.513. The van der Waals surface area contributed by atoms with Crippen molar-refractivity contribution >= 4 is 17.9 Å². The summed E-state index contributed by atoms with van der Waals surface area (Å²) < 4.78 is 20.0. The molecule has 2 amide bonds. The van der Waals surface area contributed by atoms with Gasteiger partial charge in [-0.05, 0) is 72.1 Å². The lowest BCUT2D eigenvalue weighted by atomic mass is 9.91. The van der Waals surface area contributed by atoms with E-state index in [0.717, 1.165) is 57.9 Å².